The zero-order valence-corrected chi connectivity index (χ0v) is 19.7. The van der Waals surface area contributed by atoms with E-state index in [9.17, 15) is 18.5 Å². The molecule has 10 heteroatoms. The van der Waals surface area contributed by atoms with Gasteiger partial charge in [-0.25, -0.2) is 13.4 Å². The molecule has 1 aromatic carbocycles. The molecule has 2 aliphatic rings. The van der Waals surface area contributed by atoms with E-state index in [1.54, 1.807) is 0 Å². The number of sulfone groups is 1. The summed E-state index contributed by atoms with van der Waals surface area (Å²) in [5.74, 6) is -0.0455. The monoisotopic (exact) mass is 461 g/mol. The van der Waals surface area contributed by atoms with Crippen molar-refractivity contribution in [3.63, 3.8) is 0 Å². The van der Waals surface area contributed by atoms with Crippen LogP contribution < -0.4 is 15.1 Å². The summed E-state index contributed by atoms with van der Waals surface area (Å²) < 4.78 is 24.4. The number of thioether (sulfide) groups is 1. The summed E-state index contributed by atoms with van der Waals surface area (Å²) in [6.45, 7) is 4.41. The fraction of sp³-hybridized carbons (Fsp3) is 0.476. The summed E-state index contributed by atoms with van der Waals surface area (Å²) >= 11 is 1.38. The summed E-state index contributed by atoms with van der Waals surface area (Å²) in [5.41, 5.74) is 1.78. The smallest absolute Gasteiger partial charge is 0.263 e. The molecule has 2 unspecified atom stereocenters. The lowest BCUT2D eigenvalue weighted by Crippen LogP contribution is -2.37. The van der Waals surface area contributed by atoms with E-state index in [1.807, 2.05) is 68.1 Å². The van der Waals surface area contributed by atoms with Crippen molar-refractivity contribution >= 4 is 44.0 Å². The maximum absolute atomic E-state index is 12.2. The number of nitrogens with zero attached hydrogens (tertiary/aromatic N) is 4. The van der Waals surface area contributed by atoms with Gasteiger partial charge < -0.3 is 15.1 Å². The number of nitriles is 1. The van der Waals surface area contributed by atoms with Gasteiger partial charge in [0.2, 0.25) is 0 Å². The fourth-order valence-electron chi connectivity index (χ4n) is 3.44. The van der Waals surface area contributed by atoms with Gasteiger partial charge in [0.05, 0.1) is 23.7 Å². The lowest BCUT2D eigenvalue weighted by atomic mass is 10.2. The van der Waals surface area contributed by atoms with Gasteiger partial charge in [0, 0.05) is 37.3 Å². The standard InChI is InChI=1S/C21H27N5O3S2/c1-14(2)10-23-20(27)15(9-22)11-24-21-26(17-7-5-16(6-8-17)25(3)4)18-12-31(28,29)13-19(18)30-21/h5-8,11,14,18-19H,10,12-13H2,1-4H3,(H,23,27)/b15-11+,24-21?. The van der Waals surface area contributed by atoms with Crippen LogP contribution in [-0.2, 0) is 14.6 Å². The van der Waals surface area contributed by atoms with Crippen LogP contribution in [0, 0.1) is 17.2 Å². The Labute approximate surface area is 187 Å². The van der Waals surface area contributed by atoms with Gasteiger partial charge in [-0.3, -0.25) is 4.79 Å². The van der Waals surface area contributed by atoms with Gasteiger partial charge >= 0.3 is 0 Å². The predicted octanol–water partition coefficient (Wildman–Crippen LogP) is 2.01. The van der Waals surface area contributed by atoms with Gasteiger partial charge in [-0.15, -0.1) is 0 Å². The van der Waals surface area contributed by atoms with Crippen molar-refractivity contribution in [3.8, 4) is 6.07 Å². The van der Waals surface area contributed by atoms with E-state index in [0.29, 0.717) is 11.7 Å². The maximum Gasteiger partial charge on any atom is 0.263 e. The minimum Gasteiger partial charge on any atom is -0.378 e. The average molecular weight is 462 g/mol. The molecule has 0 radical (unpaired) electrons. The largest absolute Gasteiger partial charge is 0.378 e. The molecule has 8 nitrogen and oxygen atoms in total. The van der Waals surface area contributed by atoms with Gasteiger partial charge in [-0.1, -0.05) is 25.6 Å². The normalized spacial score (nSPS) is 23.7. The van der Waals surface area contributed by atoms with Gasteiger partial charge in [0.1, 0.15) is 11.6 Å². The number of carbonyl (C=O) groups excluding carboxylic acids is 1. The van der Waals surface area contributed by atoms with Crippen molar-refractivity contribution in [2.75, 3.05) is 41.9 Å². The van der Waals surface area contributed by atoms with Crippen molar-refractivity contribution in [3.05, 3.63) is 36.0 Å². The molecule has 2 fully saturated rings. The van der Waals surface area contributed by atoms with Crippen LogP contribution in [0.15, 0.2) is 41.0 Å². The Bertz CT molecular complexity index is 1040. The van der Waals surface area contributed by atoms with Crippen LogP contribution in [0.2, 0.25) is 0 Å². The Morgan fingerprint density at radius 1 is 1.35 bits per heavy atom. The van der Waals surface area contributed by atoms with Crippen LogP contribution in [0.3, 0.4) is 0 Å². The Hall–Kier alpha value is -2.51. The summed E-state index contributed by atoms with van der Waals surface area (Å²) in [4.78, 5) is 20.6. The number of hydrogen-bond acceptors (Lipinski definition) is 7. The van der Waals surface area contributed by atoms with E-state index < -0.39 is 15.7 Å². The van der Waals surface area contributed by atoms with Crippen LogP contribution in [0.5, 0.6) is 0 Å². The first-order chi connectivity index (χ1) is 14.6. The van der Waals surface area contributed by atoms with Crippen molar-refractivity contribution < 1.29 is 13.2 Å². The third kappa shape index (κ3) is 5.40. The second kappa shape index (κ2) is 9.32. The van der Waals surface area contributed by atoms with E-state index in [4.69, 9.17) is 0 Å². The van der Waals surface area contributed by atoms with Gasteiger partial charge in [-0.2, -0.15) is 5.26 Å². The average Bonchev–Trinajstić information content (AvgIpc) is 3.17. The zero-order valence-electron chi connectivity index (χ0n) is 18.1. The molecule has 0 spiro atoms. The molecule has 0 aromatic heterocycles. The van der Waals surface area contributed by atoms with E-state index in [0.717, 1.165) is 11.4 Å². The molecule has 3 rings (SSSR count). The van der Waals surface area contributed by atoms with Gasteiger partial charge in [0.25, 0.3) is 5.91 Å². The highest BCUT2D eigenvalue weighted by atomic mass is 32.2. The molecular weight excluding hydrogens is 434 g/mol. The Balaban J connectivity index is 1.92. The van der Waals surface area contributed by atoms with Crippen LogP contribution in [-0.4, -0.2) is 62.9 Å². The Morgan fingerprint density at radius 2 is 2.03 bits per heavy atom. The van der Waals surface area contributed by atoms with E-state index >= 15 is 0 Å². The van der Waals surface area contributed by atoms with Crippen LogP contribution in [0.25, 0.3) is 0 Å². The molecule has 2 aliphatic heterocycles. The first kappa shape index (κ1) is 23.2. The van der Waals surface area contributed by atoms with E-state index in [2.05, 4.69) is 10.3 Å². The topological polar surface area (TPSA) is 106 Å². The highest BCUT2D eigenvalue weighted by Gasteiger charge is 2.49. The molecule has 166 valence electrons. The third-order valence-electron chi connectivity index (χ3n) is 5.05. The van der Waals surface area contributed by atoms with Crippen LogP contribution >= 0.6 is 11.8 Å². The lowest BCUT2D eigenvalue weighted by Gasteiger charge is -2.25. The minimum absolute atomic E-state index is 0.0583. The third-order valence-corrected chi connectivity index (χ3v) is 8.27. The number of benzene rings is 1. The van der Waals surface area contributed by atoms with Crippen molar-refractivity contribution in [1.29, 1.82) is 5.26 Å². The molecule has 0 aliphatic carbocycles. The maximum atomic E-state index is 12.2. The number of nitrogens with one attached hydrogen (secondary N) is 1. The Kier molecular flexibility index (Phi) is 6.96. The zero-order chi connectivity index (χ0) is 22.8. The van der Waals surface area contributed by atoms with Crippen molar-refractivity contribution in [2.24, 2.45) is 10.9 Å². The molecule has 2 saturated heterocycles. The number of fused-ring (bicyclic) bond motifs is 1. The number of aliphatic imine (C=N–C) groups is 1. The summed E-state index contributed by atoms with van der Waals surface area (Å²) in [5, 5.41) is 12.6. The van der Waals surface area contributed by atoms with Crippen LogP contribution in [0.4, 0.5) is 11.4 Å². The fourth-order valence-corrected chi connectivity index (χ4v) is 7.33. The number of hydrogen-bond donors (Lipinski definition) is 1. The number of carbonyl (C=O) groups is 1. The predicted molar refractivity (Wildman–Crippen MR) is 126 cm³/mol. The van der Waals surface area contributed by atoms with Crippen molar-refractivity contribution in [2.45, 2.75) is 25.1 Å². The highest BCUT2D eigenvalue weighted by molar-refractivity contribution is 8.16. The lowest BCUT2D eigenvalue weighted by molar-refractivity contribution is -0.117. The molecule has 31 heavy (non-hydrogen) atoms. The summed E-state index contributed by atoms with van der Waals surface area (Å²) in [6, 6.07) is 9.46. The molecule has 2 atom stereocenters. The van der Waals surface area contributed by atoms with E-state index in [-0.39, 0.29) is 34.3 Å². The van der Waals surface area contributed by atoms with E-state index in [1.165, 1.54) is 18.0 Å². The molecule has 1 N–H and O–H groups in total. The molecular formula is C21H27N5O3S2. The number of amidine groups is 1. The quantitative estimate of drug-likeness (QED) is 0.510. The second-order valence-corrected chi connectivity index (χ2v) is 11.6. The first-order valence-electron chi connectivity index (χ1n) is 10.0. The summed E-state index contributed by atoms with van der Waals surface area (Å²) in [7, 11) is 0.786. The van der Waals surface area contributed by atoms with Crippen molar-refractivity contribution in [1.82, 2.24) is 5.32 Å². The molecule has 0 bridgehead atoms. The minimum atomic E-state index is -3.11. The molecule has 0 saturated carbocycles. The molecule has 2 heterocycles. The number of amides is 1. The highest BCUT2D eigenvalue weighted by Crippen LogP contribution is 2.41. The Morgan fingerprint density at radius 3 is 2.61 bits per heavy atom. The van der Waals surface area contributed by atoms with Gasteiger partial charge in [-0.05, 0) is 30.2 Å². The second-order valence-electron chi connectivity index (χ2n) is 8.25. The number of rotatable bonds is 6. The van der Waals surface area contributed by atoms with Gasteiger partial charge in [0.15, 0.2) is 15.0 Å². The molecule has 1 aromatic rings. The SMILES string of the molecule is CC(C)CNC(=O)/C(C#N)=C/N=C1SC2CS(=O)(=O)CC2N1c1ccc(N(C)C)cc1. The molecule has 1 amide bonds. The van der Waals surface area contributed by atoms with Crippen LogP contribution in [0.1, 0.15) is 13.8 Å². The summed E-state index contributed by atoms with van der Waals surface area (Å²) in [6.07, 6.45) is 1.27. The first-order valence-corrected chi connectivity index (χ1v) is 12.7. The number of anilines is 2.